The SMILES string of the molecule is CC1CC2(C1)CN(C)C2.CC1CC2(CCN(C)C2)C1.CC1CC2CCC(C1)N2C.CC1CC2CCC1CN2C.CC1CC2CCCC(C1)N2C.CC1CC2COCC(C1)N2C.CC1CCC2(C1)CC(C)C2. The molecule has 10 unspecified atom stereocenters. The molecule has 0 N–H and O–H groups in total. The fourth-order valence-corrected chi connectivity index (χ4v) is 19.5. The van der Waals surface area contributed by atoms with E-state index in [1.807, 2.05) is 0 Å². The number of ether oxygens (including phenoxy) is 1. The number of nitrogens with zero attached hydrogens (tertiary/aromatic N) is 6. The lowest BCUT2D eigenvalue weighted by Gasteiger charge is -2.57. The molecule has 0 radical (unpaired) electrons. The van der Waals surface area contributed by atoms with Gasteiger partial charge in [-0.1, -0.05) is 68.2 Å². The molecule has 71 heavy (non-hydrogen) atoms. The number of morpholine rings is 1. The van der Waals surface area contributed by atoms with Crippen molar-refractivity contribution in [2.75, 3.05) is 88.2 Å². The molecule has 7 heteroatoms. The summed E-state index contributed by atoms with van der Waals surface area (Å²) in [4.78, 5) is 15.2. The average molecular weight is 990 g/mol. The molecule has 5 aliphatic carbocycles. The van der Waals surface area contributed by atoms with E-state index in [4.69, 9.17) is 4.74 Å². The van der Waals surface area contributed by atoms with Crippen molar-refractivity contribution in [1.82, 2.24) is 29.4 Å². The van der Waals surface area contributed by atoms with Gasteiger partial charge in [0.05, 0.1) is 13.2 Å². The van der Waals surface area contributed by atoms with Crippen LogP contribution >= 0.6 is 0 Å². The molecule has 15 aliphatic rings. The number of fused-ring (bicyclic) bond motifs is 9. The topological polar surface area (TPSA) is 28.7 Å². The van der Waals surface area contributed by atoms with Gasteiger partial charge in [-0.25, -0.2) is 0 Å². The Morgan fingerprint density at radius 1 is 0.366 bits per heavy atom. The molecule has 8 bridgehead atoms. The summed E-state index contributed by atoms with van der Waals surface area (Å²) in [5.41, 5.74) is 2.46. The van der Waals surface area contributed by atoms with Crippen molar-refractivity contribution in [1.29, 1.82) is 0 Å². The van der Waals surface area contributed by atoms with Crippen LogP contribution in [0.15, 0.2) is 0 Å². The summed E-state index contributed by atoms with van der Waals surface area (Å²) in [5.74, 6) is 9.05. The van der Waals surface area contributed by atoms with Crippen LogP contribution in [0.2, 0.25) is 0 Å². The van der Waals surface area contributed by atoms with Crippen LogP contribution in [0.4, 0.5) is 0 Å². The average Bonchev–Trinajstić information content (AvgIpc) is 3.90. The lowest BCUT2D eigenvalue weighted by molar-refractivity contribution is -0.0758. The molecule has 7 nitrogen and oxygen atoms in total. The van der Waals surface area contributed by atoms with E-state index in [1.165, 1.54) is 180 Å². The normalized spacial score (nSPS) is 42.8. The van der Waals surface area contributed by atoms with E-state index in [2.05, 4.69) is 127 Å². The monoisotopic (exact) mass is 989 g/mol. The van der Waals surface area contributed by atoms with Gasteiger partial charge in [0.2, 0.25) is 0 Å². The molecule has 0 aromatic carbocycles. The van der Waals surface area contributed by atoms with Crippen molar-refractivity contribution >= 4 is 0 Å². The maximum absolute atomic E-state index is 5.51. The van der Waals surface area contributed by atoms with Crippen LogP contribution in [-0.4, -0.2) is 160 Å². The summed E-state index contributed by atoms with van der Waals surface area (Å²) in [5, 5.41) is 0. The molecule has 0 amide bonds. The second kappa shape index (κ2) is 24.6. The quantitative estimate of drug-likeness (QED) is 0.239. The van der Waals surface area contributed by atoms with Crippen molar-refractivity contribution in [3.8, 4) is 0 Å². The second-order valence-electron chi connectivity index (χ2n) is 30.4. The third kappa shape index (κ3) is 14.7. The van der Waals surface area contributed by atoms with E-state index in [9.17, 15) is 0 Å². The first-order chi connectivity index (χ1) is 33.7. The van der Waals surface area contributed by atoms with Gasteiger partial charge in [0, 0.05) is 68.5 Å². The zero-order valence-corrected chi connectivity index (χ0v) is 49.7. The molecule has 5 saturated carbocycles. The van der Waals surface area contributed by atoms with Crippen LogP contribution in [0.1, 0.15) is 209 Å². The van der Waals surface area contributed by atoms with Crippen LogP contribution < -0.4 is 0 Å². The van der Waals surface area contributed by atoms with Gasteiger partial charge < -0.3 is 29.2 Å². The highest BCUT2D eigenvalue weighted by atomic mass is 16.5. The predicted octanol–water partition coefficient (Wildman–Crippen LogP) is 13.3. The molecule has 10 heterocycles. The Morgan fingerprint density at radius 3 is 1.17 bits per heavy atom. The van der Waals surface area contributed by atoms with Crippen molar-refractivity contribution in [3.05, 3.63) is 0 Å². The molecule has 412 valence electrons. The predicted molar refractivity (Wildman–Crippen MR) is 303 cm³/mol. The van der Waals surface area contributed by atoms with Gasteiger partial charge in [0.1, 0.15) is 0 Å². The summed E-state index contributed by atoms with van der Waals surface area (Å²) in [6, 6.07) is 6.08. The van der Waals surface area contributed by atoms with Crippen LogP contribution in [0.5, 0.6) is 0 Å². The lowest BCUT2D eigenvalue weighted by atomic mass is 9.58. The molecule has 15 fully saturated rings. The number of piperidine rings is 6. The third-order valence-electron chi connectivity index (χ3n) is 23.0. The highest BCUT2D eigenvalue weighted by Gasteiger charge is 2.49. The van der Waals surface area contributed by atoms with Crippen LogP contribution in [0.3, 0.4) is 0 Å². The van der Waals surface area contributed by atoms with Crippen LogP contribution in [0, 0.1) is 69.5 Å². The first-order valence-corrected chi connectivity index (χ1v) is 31.5. The Hall–Kier alpha value is -0.280. The summed E-state index contributed by atoms with van der Waals surface area (Å²) in [6.45, 7) is 27.9. The fraction of sp³-hybridized carbons (Fsp3) is 1.00. The van der Waals surface area contributed by atoms with Crippen molar-refractivity contribution < 1.29 is 4.74 Å². The summed E-state index contributed by atoms with van der Waals surface area (Å²) >= 11 is 0. The van der Waals surface area contributed by atoms with Gasteiger partial charge in [-0.15, -0.1) is 0 Å². The smallest absolute Gasteiger partial charge is 0.0622 e. The fourth-order valence-electron chi connectivity index (χ4n) is 19.5. The Morgan fingerprint density at radius 2 is 0.789 bits per heavy atom. The number of hydrogen-bond acceptors (Lipinski definition) is 7. The molecule has 0 aromatic rings. The Kier molecular flexibility index (Phi) is 19.7. The Labute approximate surface area is 441 Å². The molecule has 0 aromatic heterocycles. The second-order valence-corrected chi connectivity index (χ2v) is 30.4. The summed E-state index contributed by atoms with van der Waals surface area (Å²) < 4.78 is 5.51. The highest BCUT2D eigenvalue weighted by molar-refractivity contribution is 5.02. The first kappa shape index (κ1) is 56.9. The minimum atomic E-state index is 0.706. The van der Waals surface area contributed by atoms with E-state index >= 15 is 0 Å². The summed E-state index contributed by atoms with van der Waals surface area (Å²) in [7, 11) is 13.6. The van der Waals surface area contributed by atoms with Gasteiger partial charge in [0.15, 0.2) is 0 Å². The Bertz CT molecular complexity index is 1430. The Balaban J connectivity index is 0.000000111. The number of rotatable bonds is 0. The van der Waals surface area contributed by atoms with Gasteiger partial charge in [-0.2, -0.15) is 0 Å². The largest absolute Gasteiger partial charge is 0.378 e. The van der Waals surface area contributed by atoms with Crippen molar-refractivity contribution in [3.63, 3.8) is 0 Å². The van der Waals surface area contributed by atoms with E-state index < -0.39 is 0 Å². The van der Waals surface area contributed by atoms with Gasteiger partial charge >= 0.3 is 0 Å². The highest BCUT2D eigenvalue weighted by Crippen LogP contribution is 2.57. The summed E-state index contributed by atoms with van der Waals surface area (Å²) in [6.07, 6.45) is 35.3. The molecule has 15 rings (SSSR count). The van der Waals surface area contributed by atoms with Crippen molar-refractivity contribution in [2.24, 2.45) is 69.5 Å². The standard InChI is InChI=1S/C10H19N.C10H18.C9H17NO.3C9H17N.C8H15N/c1-8-6-9-4-3-5-10(7-8)11(9)2;1-8-3-4-10(5-8)6-9(2)7-10;1-7-3-8-5-11-6-9(4-7)10(8)2;1-8-5-9(6-8)3-4-10(2)7-9;1-7-5-9-4-3-8(7)6-10(9)2;1-7-5-8-3-4-9(6-7)10(8)2;1-7-3-8(4-7)5-9(2)6-8/h8-10H,3-7H2,1-2H3;8-9H,3-7H2,1-2H3;7-9H,3-6H2,1-2H3;8H,3-7H2,1-2H3;2*7-9H,3-6H2,1-2H3;7H,3-6H2,1-2H3. The van der Waals surface area contributed by atoms with E-state index in [-0.39, 0.29) is 0 Å². The zero-order valence-electron chi connectivity index (χ0n) is 49.7. The van der Waals surface area contributed by atoms with E-state index in [1.54, 1.807) is 6.42 Å². The van der Waals surface area contributed by atoms with Crippen LogP contribution in [0.25, 0.3) is 0 Å². The molecular weight excluding hydrogens is 869 g/mol. The number of likely N-dealkylation sites (tertiary alicyclic amines) is 2. The molecule has 3 spiro atoms. The molecule has 10 aliphatic heterocycles. The number of hydrogen-bond donors (Lipinski definition) is 0. The minimum absolute atomic E-state index is 0.706. The zero-order chi connectivity index (χ0) is 50.8. The molecule has 10 atom stereocenters. The molecule has 10 saturated heterocycles. The third-order valence-corrected chi connectivity index (χ3v) is 23.0. The lowest BCUT2D eigenvalue weighted by Crippen LogP contribution is -2.60. The molecular formula is C64H120N6O. The van der Waals surface area contributed by atoms with Gasteiger partial charge in [-0.05, 0) is 260 Å². The maximum atomic E-state index is 5.51. The minimum Gasteiger partial charge on any atom is -0.378 e. The maximum Gasteiger partial charge on any atom is 0.0622 e. The van der Waals surface area contributed by atoms with Gasteiger partial charge in [-0.3, -0.25) is 4.90 Å². The number of likely N-dealkylation sites (N-methyl/N-ethyl adjacent to an activating group) is 1. The van der Waals surface area contributed by atoms with Crippen molar-refractivity contribution in [2.45, 2.75) is 252 Å². The van der Waals surface area contributed by atoms with E-state index in [0.29, 0.717) is 12.1 Å². The van der Waals surface area contributed by atoms with Crippen LogP contribution in [-0.2, 0) is 4.74 Å². The van der Waals surface area contributed by atoms with E-state index in [0.717, 1.165) is 113 Å². The first-order valence-electron chi connectivity index (χ1n) is 31.5. The van der Waals surface area contributed by atoms with Gasteiger partial charge in [0.25, 0.3) is 0 Å².